The Hall–Kier alpha value is -4.06. The lowest BCUT2D eigenvalue weighted by atomic mass is 9.89. The summed E-state index contributed by atoms with van der Waals surface area (Å²) in [6.45, 7) is 0. The van der Waals surface area contributed by atoms with Crippen molar-refractivity contribution in [3.8, 4) is 39.3 Å². The zero-order chi connectivity index (χ0) is 20.7. The van der Waals surface area contributed by atoms with Crippen molar-refractivity contribution in [1.82, 2.24) is 19.7 Å². The van der Waals surface area contributed by atoms with E-state index in [0.717, 1.165) is 33.2 Å². The number of phenols is 1. The fourth-order valence-electron chi connectivity index (χ4n) is 3.73. The molecule has 3 aromatic heterocycles. The number of benzene rings is 2. The average Bonchev–Trinajstić information content (AvgIpc) is 3.13. The van der Waals surface area contributed by atoms with Crippen LogP contribution in [0.5, 0.6) is 5.75 Å². The molecule has 0 amide bonds. The summed E-state index contributed by atoms with van der Waals surface area (Å²) in [4.78, 5) is 8.98. The highest BCUT2D eigenvalue weighted by atomic mass is 19.1. The van der Waals surface area contributed by atoms with E-state index >= 15 is 0 Å². The lowest BCUT2D eigenvalue weighted by Gasteiger charge is -2.16. The number of phenolic OH excluding ortho intramolecular Hbond substituents is 1. The molecule has 5 rings (SSSR count). The molecule has 0 bridgehead atoms. The molecule has 1 N–H and O–H groups in total. The van der Waals surface area contributed by atoms with Gasteiger partial charge in [-0.05, 0) is 59.7 Å². The molecule has 3 heterocycles. The molecule has 0 aliphatic heterocycles. The second-order valence-electron chi connectivity index (χ2n) is 7.04. The normalized spacial score (nSPS) is 11.1. The van der Waals surface area contributed by atoms with Gasteiger partial charge in [-0.1, -0.05) is 12.1 Å². The number of aromatic nitrogens is 4. The van der Waals surface area contributed by atoms with Crippen molar-refractivity contribution in [2.24, 2.45) is 7.05 Å². The maximum atomic E-state index is 13.6. The molecular weight excluding hydrogens is 379 g/mol. The molecule has 0 atom stereocenters. The number of halogens is 1. The van der Waals surface area contributed by atoms with Crippen LogP contribution in [-0.2, 0) is 7.05 Å². The Morgan fingerprint density at radius 3 is 2.37 bits per heavy atom. The molecule has 5 aromatic rings. The summed E-state index contributed by atoms with van der Waals surface area (Å²) in [6, 6.07) is 17.2. The van der Waals surface area contributed by atoms with Gasteiger partial charge in [0.2, 0.25) is 0 Å². The monoisotopic (exact) mass is 396 g/mol. The minimum absolute atomic E-state index is 0.172. The van der Waals surface area contributed by atoms with Crippen LogP contribution in [0, 0.1) is 5.82 Å². The Morgan fingerprint density at radius 2 is 1.63 bits per heavy atom. The van der Waals surface area contributed by atoms with E-state index in [4.69, 9.17) is 4.98 Å². The van der Waals surface area contributed by atoms with Gasteiger partial charge in [0.25, 0.3) is 0 Å². The van der Waals surface area contributed by atoms with Crippen molar-refractivity contribution in [3.05, 3.63) is 85.1 Å². The van der Waals surface area contributed by atoms with Crippen molar-refractivity contribution in [2.45, 2.75) is 0 Å². The van der Waals surface area contributed by atoms with Gasteiger partial charge in [0.15, 0.2) is 5.65 Å². The summed E-state index contributed by atoms with van der Waals surface area (Å²) < 4.78 is 15.3. The summed E-state index contributed by atoms with van der Waals surface area (Å²) in [5, 5.41) is 15.5. The Labute approximate surface area is 172 Å². The van der Waals surface area contributed by atoms with Gasteiger partial charge in [0.05, 0.1) is 5.69 Å². The van der Waals surface area contributed by atoms with Gasteiger partial charge in [0.1, 0.15) is 11.6 Å². The Bertz CT molecular complexity index is 1360. The molecule has 30 heavy (non-hydrogen) atoms. The van der Waals surface area contributed by atoms with Crippen LogP contribution in [0.2, 0.25) is 0 Å². The molecule has 0 radical (unpaired) electrons. The molecule has 6 heteroatoms. The van der Waals surface area contributed by atoms with E-state index in [9.17, 15) is 9.50 Å². The van der Waals surface area contributed by atoms with Crippen molar-refractivity contribution in [3.63, 3.8) is 0 Å². The van der Waals surface area contributed by atoms with Crippen LogP contribution >= 0.6 is 0 Å². The molecule has 146 valence electrons. The van der Waals surface area contributed by atoms with Crippen LogP contribution in [0.15, 0.2) is 79.3 Å². The third-order valence-corrected chi connectivity index (χ3v) is 5.00. The van der Waals surface area contributed by atoms with E-state index in [1.54, 1.807) is 47.4 Å². The summed E-state index contributed by atoms with van der Waals surface area (Å²) in [5.74, 6) is -0.137. The van der Waals surface area contributed by atoms with E-state index in [2.05, 4.69) is 10.1 Å². The first kappa shape index (κ1) is 18.0. The molecule has 0 unspecified atom stereocenters. The van der Waals surface area contributed by atoms with Crippen LogP contribution in [-0.4, -0.2) is 24.9 Å². The number of nitrogens with zero attached hydrogens (tertiary/aromatic N) is 4. The van der Waals surface area contributed by atoms with Gasteiger partial charge in [-0.3, -0.25) is 9.67 Å². The highest BCUT2D eigenvalue weighted by Gasteiger charge is 2.21. The van der Waals surface area contributed by atoms with Gasteiger partial charge in [-0.25, -0.2) is 9.37 Å². The largest absolute Gasteiger partial charge is 0.508 e. The van der Waals surface area contributed by atoms with E-state index in [0.29, 0.717) is 11.3 Å². The minimum atomic E-state index is -0.309. The molecule has 0 saturated heterocycles. The van der Waals surface area contributed by atoms with E-state index in [1.807, 2.05) is 31.4 Å². The lowest BCUT2D eigenvalue weighted by molar-refractivity contribution is 0.475. The summed E-state index contributed by atoms with van der Waals surface area (Å²) in [7, 11) is 1.84. The maximum Gasteiger partial charge on any atom is 0.182 e. The fourth-order valence-corrected chi connectivity index (χ4v) is 3.73. The second-order valence-corrected chi connectivity index (χ2v) is 7.04. The number of rotatable bonds is 3. The van der Waals surface area contributed by atoms with Gasteiger partial charge in [-0.15, -0.1) is 0 Å². The molecule has 0 saturated carbocycles. The first-order valence-corrected chi connectivity index (χ1v) is 9.43. The van der Waals surface area contributed by atoms with E-state index in [-0.39, 0.29) is 11.6 Å². The first-order valence-electron chi connectivity index (χ1n) is 9.43. The zero-order valence-electron chi connectivity index (χ0n) is 16.1. The maximum absolute atomic E-state index is 13.6. The van der Waals surface area contributed by atoms with Gasteiger partial charge in [-0.2, -0.15) is 5.10 Å². The molecule has 2 aromatic carbocycles. The number of fused-ring (bicyclic) bond motifs is 1. The van der Waals surface area contributed by atoms with Crippen molar-refractivity contribution < 1.29 is 9.50 Å². The zero-order valence-corrected chi connectivity index (χ0v) is 16.1. The Balaban J connectivity index is 1.95. The van der Waals surface area contributed by atoms with Gasteiger partial charge >= 0.3 is 0 Å². The van der Waals surface area contributed by atoms with Crippen molar-refractivity contribution >= 4 is 11.0 Å². The summed E-state index contributed by atoms with van der Waals surface area (Å²) in [6.07, 6.45) is 5.37. The molecular formula is C24H17FN4O. The van der Waals surface area contributed by atoms with Crippen LogP contribution in [0.25, 0.3) is 44.5 Å². The third-order valence-electron chi connectivity index (χ3n) is 5.00. The van der Waals surface area contributed by atoms with E-state index < -0.39 is 0 Å². The molecule has 5 nitrogen and oxygen atoms in total. The van der Waals surface area contributed by atoms with Gasteiger partial charge < -0.3 is 5.11 Å². The SMILES string of the molecule is Cn1cc2c(-c3cccc(O)c3)c(-c3ccncc3)c(-c3ccc(F)cc3)nc2n1. The standard InChI is InChI=1S/C24H17FN4O/c1-29-14-20-21(17-3-2-4-19(30)13-17)22(15-9-11-26-12-10-15)23(27-24(20)28-29)16-5-7-18(25)8-6-16/h2-14,30H,1H3. The average molecular weight is 396 g/mol. The number of hydrogen-bond donors (Lipinski definition) is 1. The topological polar surface area (TPSA) is 63.8 Å². The third kappa shape index (κ3) is 3.08. The number of pyridine rings is 2. The van der Waals surface area contributed by atoms with Crippen LogP contribution < -0.4 is 0 Å². The minimum Gasteiger partial charge on any atom is -0.508 e. The Kier molecular flexibility index (Phi) is 4.25. The van der Waals surface area contributed by atoms with Crippen molar-refractivity contribution in [2.75, 3.05) is 0 Å². The van der Waals surface area contributed by atoms with Crippen LogP contribution in [0.3, 0.4) is 0 Å². The number of hydrogen-bond acceptors (Lipinski definition) is 4. The lowest BCUT2D eigenvalue weighted by Crippen LogP contribution is -1.96. The number of aromatic hydroxyl groups is 1. The second kappa shape index (κ2) is 7.08. The van der Waals surface area contributed by atoms with Crippen LogP contribution in [0.4, 0.5) is 4.39 Å². The predicted molar refractivity (Wildman–Crippen MR) is 114 cm³/mol. The predicted octanol–water partition coefficient (Wildman–Crippen LogP) is 5.21. The molecule has 0 aliphatic rings. The molecule has 0 spiro atoms. The molecule has 0 fully saturated rings. The highest BCUT2D eigenvalue weighted by molar-refractivity contribution is 6.06. The van der Waals surface area contributed by atoms with Crippen molar-refractivity contribution in [1.29, 1.82) is 0 Å². The summed E-state index contributed by atoms with van der Waals surface area (Å²) in [5.41, 5.74) is 5.56. The summed E-state index contributed by atoms with van der Waals surface area (Å²) >= 11 is 0. The van der Waals surface area contributed by atoms with Gasteiger partial charge in [0, 0.05) is 47.7 Å². The van der Waals surface area contributed by atoms with Crippen LogP contribution in [0.1, 0.15) is 0 Å². The number of aryl methyl sites for hydroxylation is 1. The quantitative estimate of drug-likeness (QED) is 0.455. The fraction of sp³-hybridized carbons (Fsp3) is 0.0417. The Morgan fingerprint density at radius 1 is 0.867 bits per heavy atom. The highest BCUT2D eigenvalue weighted by Crippen LogP contribution is 2.43. The van der Waals surface area contributed by atoms with E-state index in [1.165, 1.54) is 12.1 Å². The smallest absolute Gasteiger partial charge is 0.182 e. The first-order chi connectivity index (χ1) is 14.6. The molecule has 0 aliphatic carbocycles.